The molecule has 0 spiro atoms. The van der Waals surface area contributed by atoms with Crippen molar-refractivity contribution in [1.82, 2.24) is 15.0 Å². The van der Waals surface area contributed by atoms with Crippen molar-refractivity contribution in [2.75, 3.05) is 60.0 Å². The third-order valence-electron chi connectivity index (χ3n) is 2.19. The number of hydrogen-bond donors (Lipinski definition) is 0. The molecule has 0 aliphatic carbocycles. The second kappa shape index (κ2) is 12.7. The molecule has 0 amide bonds. The molecule has 0 unspecified atom stereocenters. The van der Waals surface area contributed by atoms with Crippen LogP contribution < -0.4 is 4.74 Å². The van der Waals surface area contributed by atoms with E-state index in [0.29, 0.717) is 46.2 Å². The fraction of sp³-hybridized carbons (Fsp3) is 0.750. The van der Waals surface area contributed by atoms with Crippen molar-refractivity contribution in [2.24, 2.45) is 0 Å². The van der Waals surface area contributed by atoms with Gasteiger partial charge in [-0.2, -0.15) is 15.0 Å². The van der Waals surface area contributed by atoms with Gasteiger partial charge < -0.3 is 23.7 Å². The van der Waals surface area contributed by atoms with Crippen LogP contribution in [0.2, 0.25) is 10.6 Å². The van der Waals surface area contributed by atoms with Crippen LogP contribution in [-0.2, 0) is 18.9 Å². The summed E-state index contributed by atoms with van der Waals surface area (Å²) in [4.78, 5) is 11.1. The third kappa shape index (κ3) is 10.0. The molecule has 0 bridgehead atoms. The molecule has 0 aliphatic rings. The summed E-state index contributed by atoms with van der Waals surface area (Å²) >= 11 is 11.2. The summed E-state index contributed by atoms with van der Waals surface area (Å²) in [6.07, 6.45) is 0. The van der Waals surface area contributed by atoms with Gasteiger partial charge in [0.15, 0.2) is 0 Å². The maximum absolute atomic E-state index is 5.61. The Kier molecular flexibility index (Phi) is 11.2. The van der Waals surface area contributed by atoms with Crippen LogP contribution in [0.4, 0.5) is 0 Å². The summed E-state index contributed by atoms with van der Waals surface area (Å²) in [5, 5.41) is -0.0333. The fourth-order valence-electron chi connectivity index (χ4n) is 1.25. The zero-order valence-electron chi connectivity index (χ0n) is 12.3. The van der Waals surface area contributed by atoms with E-state index in [4.69, 9.17) is 46.9 Å². The molecule has 0 aromatic carbocycles. The first-order chi connectivity index (χ1) is 10.7. The molecule has 10 heteroatoms. The number of halogens is 2. The van der Waals surface area contributed by atoms with Crippen LogP contribution in [-0.4, -0.2) is 74.9 Å². The highest BCUT2D eigenvalue weighted by molar-refractivity contribution is 6.31. The summed E-state index contributed by atoms with van der Waals surface area (Å²) < 4.78 is 25.9. The Morgan fingerprint density at radius 2 is 1.14 bits per heavy atom. The molecule has 0 atom stereocenters. The van der Waals surface area contributed by atoms with Gasteiger partial charge in [-0.25, -0.2) is 0 Å². The van der Waals surface area contributed by atoms with Crippen LogP contribution in [0.25, 0.3) is 0 Å². The summed E-state index contributed by atoms with van der Waals surface area (Å²) in [5.74, 6) is 0. The molecule has 0 aliphatic heterocycles. The predicted octanol–water partition coefficient (Wildman–Crippen LogP) is 1.25. The molecular formula is C12H19Cl2N3O5. The second-order valence-electron chi connectivity index (χ2n) is 3.83. The first-order valence-corrected chi connectivity index (χ1v) is 7.40. The van der Waals surface area contributed by atoms with E-state index in [1.807, 2.05) is 0 Å². The Labute approximate surface area is 139 Å². The zero-order chi connectivity index (χ0) is 16.0. The minimum Gasteiger partial charge on any atom is -0.461 e. The molecule has 1 aromatic rings. The number of methoxy groups -OCH3 is 1. The molecular weight excluding hydrogens is 337 g/mol. The fourth-order valence-corrected chi connectivity index (χ4v) is 1.60. The summed E-state index contributed by atoms with van der Waals surface area (Å²) in [6.45, 7) is 3.79. The maximum atomic E-state index is 5.61. The third-order valence-corrected chi connectivity index (χ3v) is 2.53. The van der Waals surface area contributed by atoms with Gasteiger partial charge in [0.25, 0.3) is 0 Å². The molecule has 126 valence electrons. The lowest BCUT2D eigenvalue weighted by Crippen LogP contribution is -2.14. The average molecular weight is 356 g/mol. The summed E-state index contributed by atoms with van der Waals surface area (Å²) in [5.41, 5.74) is 0. The first-order valence-electron chi connectivity index (χ1n) is 6.64. The second-order valence-corrected chi connectivity index (χ2v) is 4.51. The van der Waals surface area contributed by atoms with Gasteiger partial charge in [0, 0.05) is 7.11 Å². The van der Waals surface area contributed by atoms with E-state index in [1.54, 1.807) is 7.11 Å². The van der Waals surface area contributed by atoms with E-state index in [-0.39, 0.29) is 23.2 Å². The number of hydrogen-bond acceptors (Lipinski definition) is 8. The molecule has 0 fully saturated rings. The van der Waals surface area contributed by atoms with Crippen LogP contribution in [0.15, 0.2) is 0 Å². The lowest BCUT2D eigenvalue weighted by Gasteiger charge is -2.07. The van der Waals surface area contributed by atoms with Crippen molar-refractivity contribution in [3.8, 4) is 6.01 Å². The van der Waals surface area contributed by atoms with Crippen molar-refractivity contribution in [3.63, 3.8) is 0 Å². The normalized spacial score (nSPS) is 10.9. The lowest BCUT2D eigenvalue weighted by molar-refractivity contribution is -0.000185. The van der Waals surface area contributed by atoms with Gasteiger partial charge >= 0.3 is 6.01 Å². The van der Waals surface area contributed by atoms with Gasteiger partial charge in [0.05, 0.1) is 46.2 Å². The first kappa shape index (κ1) is 19.3. The number of nitrogens with zero attached hydrogens (tertiary/aromatic N) is 3. The predicted molar refractivity (Wildman–Crippen MR) is 79.7 cm³/mol. The molecule has 0 radical (unpaired) electrons. The molecule has 0 saturated carbocycles. The van der Waals surface area contributed by atoms with Crippen molar-refractivity contribution in [3.05, 3.63) is 10.6 Å². The van der Waals surface area contributed by atoms with Gasteiger partial charge in [0.2, 0.25) is 10.6 Å². The highest BCUT2D eigenvalue weighted by atomic mass is 35.5. The summed E-state index contributed by atoms with van der Waals surface area (Å²) in [7, 11) is 1.63. The van der Waals surface area contributed by atoms with Crippen LogP contribution in [0.5, 0.6) is 6.01 Å². The van der Waals surface area contributed by atoms with Gasteiger partial charge in [-0.1, -0.05) is 0 Å². The van der Waals surface area contributed by atoms with Crippen molar-refractivity contribution >= 4 is 23.2 Å². The molecule has 1 heterocycles. The Morgan fingerprint density at radius 1 is 0.682 bits per heavy atom. The average Bonchev–Trinajstić information content (AvgIpc) is 2.47. The largest absolute Gasteiger partial charge is 0.461 e. The molecule has 0 N–H and O–H groups in total. The monoisotopic (exact) mass is 355 g/mol. The zero-order valence-corrected chi connectivity index (χ0v) is 13.8. The van der Waals surface area contributed by atoms with E-state index >= 15 is 0 Å². The Bertz CT molecular complexity index is 394. The van der Waals surface area contributed by atoms with Crippen molar-refractivity contribution < 1.29 is 23.7 Å². The minimum absolute atomic E-state index is 0.0166. The Hall–Kier alpha value is -0.770. The van der Waals surface area contributed by atoms with Gasteiger partial charge in [-0.15, -0.1) is 0 Å². The van der Waals surface area contributed by atoms with E-state index in [0.717, 1.165) is 0 Å². The van der Waals surface area contributed by atoms with E-state index in [1.165, 1.54) is 0 Å². The molecule has 1 rings (SSSR count). The highest BCUT2D eigenvalue weighted by Gasteiger charge is 2.03. The van der Waals surface area contributed by atoms with E-state index < -0.39 is 0 Å². The van der Waals surface area contributed by atoms with Crippen molar-refractivity contribution in [1.29, 1.82) is 0 Å². The van der Waals surface area contributed by atoms with Crippen LogP contribution in [0.3, 0.4) is 0 Å². The van der Waals surface area contributed by atoms with Crippen LogP contribution >= 0.6 is 23.2 Å². The van der Waals surface area contributed by atoms with Crippen molar-refractivity contribution in [2.45, 2.75) is 0 Å². The minimum atomic E-state index is -0.0166. The van der Waals surface area contributed by atoms with Crippen LogP contribution in [0, 0.1) is 0 Å². The molecule has 22 heavy (non-hydrogen) atoms. The SMILES string of the molecule is COCCOCCOCCOCCOc1nc(Cl)nc(Cl)n1. The highest BCUT2D eigenvalue weighted by Crippen LogP contribution is 2.10. The number of rotatable bonds is 13. The van der Waals surface area contributed by atoms with E-state index in [9.17, 15) is 0 Å². The van der Waals surface area contributed by atoms with Gasteiger partial charge in [-0.3, -0.25) is 0 Å². The lowest BCUT2D eigenvalue weighted by atomic mass is 10.7. The summed E-state index contributed by atoms with van der Waals surface area (Å²) in [6, 6.07) is 0.0676. The Morgan fingerprint density at radius 3 is 1.64 bits per heavy atom. The van der Waals surface area contributed by atoms with E-state index in [2.05, 4.69) is 15.0 Å². The Balaban J connectivity index is 1.89. The van der Waals surface area contributed by atoms with Gasteiger partial charge in [-0.05, 0) is 23.2 Å². The molecule has 0 saturated heterocycles. The number of ether oxygens (including phenoxy) is 5. The number of aromatic nitrogens is 3. The topological polar surface area (TPSA) is 84.8 Å². The quantitative estimate of drug-likeness (QED) is 0.489. The maximum Gasteiger partial charge on any atom is 0.322 e. The standard InChI is InChI=1S/C12H19Cl2N3O5/c1-18-2-3-19-4-5-20-6-7-21-8-9-22-12-16-10(13)15-11(14)17-12/h2-9H2,1H3. The van der Waals surface area contributed by atoms with Crippen LogP contribution in [0.1, 0.15) is 0 Å². The molecule has 8 nitrogen and oxygen atoms in total. The van der Waals surface area contributed by atoms with Gasteiger partial charge in [0.1, 0.15) is 6.61 Å². The molecule has 1 aromatic heterocycles. The smallest absolute Gasteiger partial charge is 0.322 e.